The van der Waals surface area contributed by atoms with Gasteiger partial charge in [0.15, 0.2) is 5.51 Å². The van der Waals surface area contributed by atoms with Crippen LogP contribution in [-0.2, 0) is 24.2 Å². The minimum atomic E-state index is 0.149. The number of anilines is 2. The van der Waals surface area contributed by atoms with Crippen LogP contribution in [0.5, 0.6) is 0 Å². The largest absolute Gasteiger partial charge is 0.336 e. The number of aryl methyl sites for hydroxylation is 1. The van der Waals surface area contributed by atoms with Gasteiger partial charge >= 0.3 is 0 Å². The Morgan fingerprint density at radius 3 is 2.55 bits per heavy atom. The summed E-state index contributed by atoms with van der Waals surface area (Å²) in [5.74, 6) is 1.03. The SMILES string of the molecule is CCc1cnc(N(CCc2cs[c]n2)Cc2ccc(NC(=O)C3CCCC3)cc2)nc1. The zero-order valence-corrected chi connectivity index (χ0v) is 18.7. The van der Waals surface area contributed by atoms with Gasteiger partial charge in [-0.1, -0.05) is 31.9 Å². The van der Waals surface area contributed by atoms with Gasteiger partial charge in [-0.15, -0.1) is 11.3 Å². The van der Waals surface area contributed by atoms with Crippen LogP contribution in [0, 0.1) is 11.4 Å². The molecule has 1 radical (unpaired) electrons. The van der Waals surface area contributed by atoms with Gasteiger partial charge in [0.05, 0.1) is 5.69 Å². The van der Waals surface area contributed by atoms with E-state index in [9.17, 15) is 4.79 Å². The smallest absolute Gasteiger partial charge is 0.227 e. The topological polar surface area (TPSA) is 71.0 Å². The van der Waals surface area contributed by atoms with Gasteiger partial charge in [-0.3, -0.25) is 4.79 Å². The van der Waals surface area contributed by atoms with Gasteiger partial charge in [0, 0.05) is 48.9 Å². The summed E-state index contributed by atoms with van der Waals surface area (Å²) in [4.78, 5) is 28.0. The van der Waals surface area contributed by atoms with E-state index in [1.807, 2.05) is 29.9 Å². The Hall–Kier alpha value is -2.80. The minimum absolute atomic E-state index is 0.149. The van der Waals surface area contributed by atoms with Crippen molar-refractivity contribution in [1.29, 1.82) is 0 Å². The summed E-state index contributed by atoms with van der Waals surface area (Å²) >= 11 is 1.49. The highest BCUT2D eigenvalue weighted by molar-refractivity contribution is 7.07. The van der Waals surface area contributed by atoms with E-state index in [1.54, 1.807) is 0 Å². The molecule has 1 aliphatic carbocycles. The molecule has 7 heteroatoms. The highest BCUT2D eigenvalue weighted by atomic mass is 32.1. The molecular formula is C24H28N5OS. The number of aromatic nitrogens is 3. The van der Waals surface area contributed by atoms with Crippen LogP contribution in [-0.4, -0.2) is 27.4 Å². The number of hydrogen-bond acceptors (Lipinski definition) is 6. The van der Waals surface area contributed by atoms with Crippen molar-refractivity contribution in [3.63, 3.8) is 0 Å². The molecule has 0 spiro atoms. The van der Waals surface area contributed by atoms with Crippen LogP contribution in [0.3, 0.4) is 0 Å². The molecule has 6 nitrogen and oxygen atoms in total. The summed E-state index contributed by atoms with van der Waals surface area (Å²) in [5, 5.41) is 5.09. The highest BCUT2D eigenvalue weighted by Gasteiger charge is 2.22. The van der Waals surface area contributed by atoms with Crippen molar-refractivity contribution in [3.05, 3.63) is 64.4 Å². The number of hydrogen-bond donors (Lipinski definition) is 1. The zero-order valence-electron chi connectivity index (χ0n) is 17.9. The Morgan fingerprint density at radius 2 is 1.90 bits per heavy atom. The quantitative estimate of drug-likeness (QED) is 0.530. The van der Waals surface area contributed by atoms with Gasteiger partial charge < -0.3 is 10.2 Å². The number of nitrogens with one attached hydrogen (secondary N) is 1. The fourth-order valence-electron chi connectivity index (χ4n) is 3.86. The third-order valence-electron chi connectivity index (χ3n) is 5.78. The van der Waals surface area contributed by atoms with Gasteiger partial charge in [0.1, 0.15) is 0 Å². The van der Waals surface area contributed by atoms with Crippen molar-refractivity contribution >= 4 is 28.9 Å². The fourth-order valence-corrected chi connectivity index (χ4v) is 4.39. The molecular weight excluding hydrogens is 406 g/mol. The van der Waals surface area contributed by atoms with Gasteiger partial charge in [0.25, 0.3) is 0 Å². The van der Waals surface area contributed by atoms with Gasteiger partial charge in [-0.2, -0.15) is 0 Å². The first kappa shape index (κ1) is 21.4. The molecule has 3 aromatic rings. The Bertz CT molecular complexity index is 951. The van der Waals surface area contributed by atoms with Crippen LogP contribution in [0.25, 0.3) is 0 Å². The maximum atomic E-state index is 12.4. The summed E-state index contributed by atoms with van der Waals surface area (Å²) < 4.78 is 0. The van der Waals surface area contributed by atoms with Crippen molar-refractivity contribution in [2.24, 2.45) is 5.92 Å². The molecule has 1 fully saturated rings. The molecule has 0 aliphatic heterocycles. The molecule has 1 N–H and O–H groups in total. The second-order valence-corrected chi connectivity index (χ2v) is 8.67. The highest BCUT2D eigenvalue weighted by Crippen LogP contribution is 2.26. The standard InChI is InChI=1S/C24H28N5OS/c1-2-18-13-25-24(26-14-18)29(12-11-22-16-31-17-27-22)15-19-7-9-21(10-8-19)28-23(30)20-5-3-4-6-20/h7-10,13-14,16,20H,2-6,11-12,15H2,1H3,(H,28,30). The van der Waals surface area contributed by atoms with Gasteiger partial charge in [0.2, 0.25) is 11.9 Å². The summed E-state index contributed by atoms with van der Waals surface area (Å²) in [6.45, 7) is 3.56. The number of amides is 1. The molecule has 0 unspecified atom stereocenters. The molecule has 1 amide bonds. The van der Waals surface area contributed by atoms with Gasteiger partial charge in [-0.25, -0.2) is 15.0 Å². The van der Waals surface area contributed by atoms with E-state index in [-0.39, 0.29) is 11.8 Å². The van der Waals surface area contributed by atoms with Crippen molar-refractivity contribution in [3.8, 4) is 0 Å². The minimum Gasteiger partial charge on any atom is -0.336 e. The van der Waals surface area contributed by atoms with E-state index < -0.39 is 0 Å². The molecule has 4 rings (SSSR count). The number of benzene rings is 1. The van der Waals surface area contributed by atoms with E-state index in [0.717, 1.165) is 73.5 Å². The van der Waals surface area contributed by atoms with E-state index in [0.29, 0.717) is 6.54 Å². The van der Waals surface area contributed by atoms with E-state index in [4.69, 9.17) is 0 Å². The van der Waals surface area contributed by atoms with Crippen molar-refractivity contribution in [2.75, 3.05) is 16.8 Å². The first-order chi connectivity index (χ1) is 15.2. The summed E-state index contributed by atoms with van der Waals surface area (Å²) in [7, 11) is 0. The lowest BCUT2D eigenvalue weighted by atomic mass is 10.1. The van der Waals surface area contributed by atoms with Crippen LogP contribution in [0.2, 0.25) is 0 Å². The molecule has 31 heavy (non-hydrogen) atoms. The van der Waals surface area contributed by atoms with E-state index in [1.165, 1.54) is 11.3 Å². The van der Waals surface area contributed by atoms with Crippen molar-refractivity contribution in [2.45, 2.75) is 52.0 Å². The van der Waals surface area contributed by atoms with Crippen LogP contribution in [0.15, 0.2) is 42.0 Å². The average Bonchev–Trinajstić information content (AvgIpc) is 3.52. The Kier molecular flexibility index (Phi) is 7.25. The predicted molar refractivity (Wildman–Crippen MR) is 124 cm³/mol. The van der Waals surface area contributed by atoms with Gasteiger partial charge in [-0.05, 0) is 42.5 Å². The zero-order chi connectivity index (χ0) is 21.5. The maximum absolute atomic E-state index is 12.4. The molecule has 0 atom stereocenters. The van der Waals surface area contributed by atoms with Crippen LogP contribution >= 0.6 is 11.3 Å². The number of thiazole rings is 1. The average molecular weight is 435 g/mol. The number of nitrogens with zero attached hydrogens (tertiary/aromatic N) is 4. The Balaban J connectivity index is 1.42. The lowest BCUT2D eigenvalue weighted by Gasteiger charge is -2.22. The normalized spacial score (nSPS) is 14.0. The molecule has 1 aromatic carbocycles. The Labute approximate surface area is 187 Å². The third-order valence-corrected chi connectivity index (χ3v) is 6.37. The predicted octanol–water partition coefficient (Wildman–Crippen LogP) is 4.67. The maximum Gasteiger partial charge on any atom is 0.227 e. The van der Waals surface area contributed by atoms with Crippen molar-refractivity contribution in [1.82, 2.24) is 15.0 Å². The third kappa shape index (κ3) is 5.88. The first-order valence-electron chi connectivity index (χ1n) is 11.0. The van der Waals surface area contributed by atoms with Crippen LogP contribution < -0.4 is 10.2 Å². The second-order valence-electron chi connectivity index (χ2n) is 8.01. The number of rotatable bonds is 9. The monoisotopic (exact) mass is 434 g/mol. The lowest BCUT2D eigenvalue weighted by Crippen LogP contribution is -2.27. The van der Waals surface area contributed by atoms with Crippen LogP contribution in [0.1, 0.15) is 49.4 Å². The second kappa shape index (κ2) is 10.5. The lowest BCUT2D eigenvalue weighted by molar-refractivity contribution is -0.119. The molecule has 0 bridgehead atoms. The summed E-state index contributed by atoms with van der Waals surface area (Å²) in [6.07, 6.45) is 9.86. The molecule has 0 saturated heterocycles. The number of carbonyl (C=O) groups is 1. The Morgan fingerprint density at radius 1 is 1.16 bits per heavy atom. The summed E-state index contributed by atoms with van der Waals surface area (Å²) in [5.41, 5.74) is 7.07. The van der Waals surface area contributed by atoms with E-state index in [2.05, 4.69) is 49.7 Å². The summed E-state index contributed by atoms with van der Waals surface area (Å²) in [6, 6.07) is 8.09. The molecule has 1 aliphatic rings. The molecule has 2 heterocycles. The first-order valence-corrected chi connectivity index (χ1v) is 11.9. The molecule has 161 valence electrons. The van der Waals surface area contributed by atoms with E-state index >= 15 is 0 Å². The number of carbonyl (C=O) groups excluding carboxylic acids is 1. The molecule has 1 saturated carbocycles. The molecule has 2 aromatic heterocycles. The van der Waals surface area contributed by atoms with Crippen molar-refractivity contribution < 1.29 is 4.79 Å². The fraction of sp³-hybridized carbons (Fsp3) is 0.417. The van der Waals surface area contributed by atoms with Crippen LogP contribution in [0.4, 0.5) is 11.6 Å².